The molecule has 0 saturated carbocycles. The molecule has 0 atom stereocenters. The molecular formula is C13H13NO. The molecule has 2 nitrogen and oxygen atoms in total. The summed E-state index contributed by atoms with van der Waals surface area (Å²) in [6.45, 7) is 0. The third-order valence-corrected chi connectivity index (χ3v) is 2.20. The molecule has 2 aromatic rings. The Kier molecular flexibility index (Phi) is 2.88. The fraction of sp³-hybridized carbons (Fsp3) is 0.0769. The van der Waals surface area contributed by atoms with Gasteiger partial charge in [-0.2, -0.15) is 0 Å². The molecule has 0 amide bonds. The van der Waals surface area contributed by atoms with E-state index in [1.807, 2.05) is 49.5 Å². The predicted molar refractivity (Wildman–Crippen MR) is 63.6 cm³/mol. The number of nitrogens with one attached hydrogen (secondary N) is 1. The lowest BCUT2D eigenvalue weighted by Gasteiger charge is -2.03. The molecule has 0 fully saturated rings. The van der Waals surface area contributed by atoms with Crippen LogP contribution in [0.25, 0.3) is 12.2 Å². The van der Waals surface area contributed by atoms with Gasteiger partial charge in [0.15, 0.2) is 0 Å². The fourth-order valence-electron chi connectivity index (χ4n) is 1.43. The van der Waals surface area contributed by atoms with E-state index < -0.39 is 0 Å². The highest BCUT2D eigenvalue weighted by molar-refractivity contribution is 5.75. The average molecular weight is 199 g/mol. The lowest BCUT2D eigenvalue weighted by Crippen LogP contribution is -1.89. The molecule has 0 spiro atoms. The van der Waals surface area contributed by atoms with Crippen LogP contribution in [0.2, 0.25) is 0 Å². The van der Waals surface area contributed by atoms with Gasteiger partial charge >= 0.3 is 0 Å². The molecule has 15 heavy (non-hydrogen) atoms. The highest BCUT2D eigenvalue weighted by Crippen LogP contribution is 2.17. The number of anilines is 1. The molecule has 0 bridgehead atoms. The minimum atomic E-state index is 0.862. The second-order valence-electron chi connectivity index (χ2n) is 3.19. The molecule has 0 aliphatic rings. The summed E-state index contributed by atoms with van der Waals surface area (Å²) in [5.41, 5.74) is 2.26. The van der Waals surface area contributed by atoms with Crippen molar-refractivity contribution in [2.45, 2.75) is 0 Å². The molecule has 1 N–H and O–H groups in total. The number of para-hydroxylation sites is 1. The molecule has 0 radical (unpaired) electrons. The number of hydrogen-bond acceptors (Lipinski definition) is 2. The van der Waals surface area contributed by atoms with Crippen molar-refractivity contribution in [2.24, 2.45) is 0 Å². The van der Waals surface area contributed by atoms with Crippen molar-refractivity contribution in [1.82, 2.24) is 0 Å². The summed E-state index contributed by atoms with van der Waals surface area (Å²) in [6, 6.07) is 11.9. The summed E-state index contributed by atoms with van der Waals surface area (Å²) in [7, 11) is 1.92. The maximum Gasteiger partial charge on any atom is 0.126 e. The molecular weight excluding hydrogens is 186 g/mol. The van der Waals surface area contributed by atoms with Gasteiger partial charge in [-0.15, -0.1) is 0 Å². The Bertz CT molecular complexity index is 443. The van der Waals surface area contributed by atoms with Gasteiger partial charge in [-0.05, 0) is 35.9 Å². The van der Waals surface area contributed by atoms with Crippen LogP contribution in [0.5, 0.6) is 0 Å². The third kappa shape index (κ3) is 2.29. The SMILES string of the molecule is CNc1ccccc1/C=C/c1ccco1. The Labute approximate surface area is 89.2 Å². The third-order valence-electron chi connectivity index (χ3n) is 2.20. The van der Waals surface area contributed by atoms with Crippen LogP contribution in [0.15, 0.2) is 47.1 Å². The molecule has 1 heterocycles. The molecule has 2 heteroatoms. The van der Waals surface area contributed by atoms with E-state index in [1.54, 1.807) is 6.26 Å². The second-order valence-corrected chi connectivity index (χ2v) is 3.19. The number of rotatable bonds is 3. The van der Waals surface area contributed by atoms with Gasteiger partial charge in [-0.3, -0.25) is 0 Å². The van der Waals surface area contributed by atoms with E-state index in [1.165, 1.54) is 0 Å². The summed E-state index contributed by atoms with van der Waals surface area (Å²) >= 11 is 0. The smallest absolute Gasteiger partial charge is 0.126 e. The number of benzene rings is 1. The summed E-state index contributed by atoms with van der Waals surface area (Å²) in [5, 5.41) is 3.14. The Morgan fingerprint density at radius 2 is 1.93 bits per heavy atom. The van der Waals surface area contributed by atoms with Crippen LogP contribution in [0.4, 0.5) is 5.69 Å². The van der Waals surface area contributed by atoms with E-state index in [2.05, 4.69) is 11.4 Å². The van der Waals surface area contributed by atoms with Crippen molar-refractivity contribution >= 4 is 17.8 Å². The first-order valence-electron chi connectivity index (χ1n) is 4.88. The minimum absolute atomic E-state index is 0.862. The van der Waals surface area contributed by atoms with Crippen molar-refractivity contribution in [3.05, 3.63) is 54.0 Å². The molecule has 0 unspecified atom stereocenters. The quantitative estimate of drug-likeness (QED) is 0.818. The molecule has 0 saturated heterocycles. The Hall–Kier alpha value is -1.96. The first-order chi connectivity index (χ1) is 7.40. The van der Waals surface area contributed by atoms with Crippen LogP contribution in [-0.4, -0.2) is 7.05 Å². The first kappa shape index (κ1) is 9.59. The Balaban J connectivity index is 2.24. The van der Waals surface area contributed by atoms with E-state index in [0.717, 1.165) is 17.0 Å². The van der Waals surface area contributed by atoms with E-state index in [-0.39, 0.29) is 0 Å². The van der Waals surface area contributed by atoms with E-state index >= 15 is 0 Å². The lowest BCUT2D eigenvalue weighted by atomic mass is 10.1. The second kappa shape index (κ2) is 4.51. The van der Waals surface area contributed by atoms with Gasteiger partial charge in [0, 0.05) is 12.7 Å². The van der Waals surface area contributed by atoms with Crippen LogP contribution in [0.1, 0.15) is 11.3 Å². The number of hydrogen-bond donors (Lipinski definition) is 1. The Morgan fingerprint density at radius 3 is 2.67 bits per heavy atom. The summed E-state index contributed by atoms with van der Waals surface area (Å²) in [5.74, 6) is 0.862. The molecule has 1 aromatic carbocycles. The van der Waals surface area contributed by atoms with Crippen LogP contribution >= 0.6 is 0 Å². The van der Waals surface area contributed by atoms with Gasteiger partial charge in [-0.1, -0.05) is 18.2 Å². The van der Waals surface area contributed by atoms with Crippen molar-refractivity contribution in [1.29, 1.82) is 0 Å². The highest BCUT2D eigenvalue weighted by atomic mass is 16.3. The fourth-order valence-corrected chi connectivity index (χ4v) is 1.43. The molecule has 0 aliphatic heterocycles. The first-order valence-corrected chi connectivity index (χ1v) is 4.88. The van der Waals surface area contributed by atoms with E-state index in [0.29, 0.717) is 0 Å². The van der Waals surface area contributed by atoms with E-state index in [4.69, 9.17) is 4.42 Å². The number of furan rings is 1. The van der Waals surface area contributed by atoms with Gasteiger partial charge in [0.1, 0.15) is 5.76 Å². The molecule has 2 rings (SSSR count). The summed E-state index contributed by atoms with van der Waals surface area (Å²) in [6.07, 6.45) is 5.66. The molecule has 0 aliphatic carbocycles. The van der Waals surface area contributed by atoms with Gasteiger partial charge in [-0.25, -0.2) is 0 Å². The van der Waals surface area contributed by atoms with Crippen LogP contribution < -0.4 is 5.32 Å². The van der Waals surface area contributed by atoms with Gasteiger partial charge in [0.2, 0.25) is 0 Å². The van der Waals surface area contributed by atoms with Crippen molar-refractivity contribution in [2.75, 3.05) is 12.4 Å². The summed E-state index contributed by atoms with van der Waals surface area (Å²) in [4.78, 5) is 0. The van der Waals surface area contributed by atoms with Crippen LogP contribution in [0, 0.1) is 0 Å². The minimum Gasteiger partial charge on any atom is -0.465 e. The Morgan fingerprint density at radius 1 is 1.07 bits per heavy atom. The molecule has 1 aromatic heterocycles. The normalized spacial score (nSPS) is 10.7. The molecule has 76 valence electrons. The largest absolute Gasteiger partial charge is 0.465 e. The maximum atomic E-state index is 5.22. The van der Waals surface area contributed by atoms with E-state index in [9.17, 15) is 0 Å². The topological polar surface area (TPSA) is 25.2 Å². The van der Waals surface area contributed by atoms with Gasteiger partial charge < -0.3 is 9.73 Å². The lowest BCUT2D eigenvalue weighted by molar-refractivity contribution is 0.557. The van der Waals surface area contributed by atoms with Crippen molar-refractivity contribution < 1.29 is 4.42 Å². The predicted octanol–water partition coefficient (Wildman–Crippen LogP) is 3.49. The van der Waals surface area contributed by atoms with Gasteiger partial charge in [0.05, 0.1) is 6.26 Å². The van der Waals surface area contributed by atoms with Gasteiger partial charge in [0.25, 0.3) is 0 Å². The summed E-state index contributed by atoms with van der Waals surface area (Å²) < 4.78 is 5.22. The zero-order valence-electron chi connectivity index (χ0n) is 8.60. The monoisotopic (exact) mass is 199 g/mol. The maximum absolute atomic E-state index is 5.22. The average Bonchev–Trinajstić information content (AvgIpc) is 2.79. The standard InChI is InChI=1S/C13H13NO/c1-14-13-7-3-2-5-11(13)8-9-12-6-4-10-15-12/h2-10,14H,1H3/b9-8+. The zero-order valence-corrected chi connectivity index (χ0v) is 8.60. The highest BCUT2D eigenvalue weighted by Gasteiger charge is 1.94. The van der Waals surface area contributed by atoms with Crippen molar-refractivity contribution in [3.8, 4) is 0 Å². The van der Waals surface area contributed by atoms with Crippen LogP contribution in [0.3, 0.4) is 0 Å². The van der Waals surface area contributed by atoms with Crippen molar-refractivity contribution in [3.63, 3.8) is 0 Å². The zero-order chi connectivity index (χ0) is 10.5. The van der Waals surface area contributed by atoms with Crippen LogP contribution in [-0.2, 0) is 0 Å².